The average Bonchev–Trinajstić information content (AvgIpc) is 2.11. The summed E-state index contributed by atoms with van der Waals surface area (Å²) in [4.78, 5) is -0.0887. The summed E-state index contributed by atoms with van der Waals surface area (Å²) in [6.07, 6.45) is -4.61. The maximum atomic E-state index is 12.4. The summed E-state index contributed by atoms with van der Waals surface area (Å²) < 4.78 is 63.0. The molecular weight excluding hydrogens is 279 g/mol. The number of hydrogen-bond acceptors (Lipinski definition) is 2. The third kappa shape index (κ3) is 3.70. The van der Waals surface area contributed by atoms with E-state index in [9.17, 15) is 21.6 Å². The predicted molar refractivity (Wildman–Crippen MR) is 66.5 cm³/mol. The van der Waals surface area contributed by atoms with Gasteiger partial charge in [-0.05, 0) is 38.8 Å². The Balaban J connectivity index is 3.23. The van der Waals surface area contributed by atoms with Gasteiger partial charge in [0, 0.05) is 0 Å². The van der Waals surface area contributed by atoms with Gasteiger partial charge >= 0.3 is 6.18 Å². The lowest BCUT2D eigenvalue weighted by molar-refractivity contribution is -0.147. The van der Waals surface area contributed by atoms with Gasteiger partial charge < -0.3 is 0 Å². The van der Waals surface area contributed by atoms with E-state index in [4.69, 9.17) is 0 Å². The van der Waals surface area contributed by atoms with Gasteiger partial charge in [-0.25, -0.2) is 8.42 Å². The van der Waals surface area contributed by atoms with E-state index in [0.717, 1.165) is 12.5 Å². The maximum Gasteiger partial charge on any atom is 0.404 e. The summed E-state index contributed by atoms with van der Waals surface area (Å²) in [5.41, 5.74) is 1.72. The van der Waals surface area contributed by atoms with E-state index in [-0.39, 0.29) is 4.90 Å². The summed E-state index contributed by atoms with van der Waals surface area (Å²) >= 11 is 0. The Bertz CT molecular complexity index is 556. The number of alkyl halides is 3. The van der Waals surface area contributed by atoms with Gasteiger partial charge in [0.25, 0.3) is 0 Å². The van der Waals surface area contributed by atoms with Crippen molar-refractivity contribution in [2.24, 2.45) is 0 Å². The largest absolute Gasteiger partial charge is 0.404 e. The van der Waals surface area contributed by atoms with E-state index >= 15 is 0 Å². The number of rotatable bonds is 3. The molecule has 1 aromatic carbocycles. The van der Waals surface area contributed by atoms with Crippen molar-refractivity contribution in [3.8, 4) is 0 Å². The van der Waals surface area contributed by atoms with E-state index in [2.05, 4.69) is 0 Å². The van der Waals surface area contributed by atoms with Gasteiger partial charge in [0.2, 0.25) is 10.0 Å². The summed E-state index contributed by atoms with van der Waals surface area (Å²) in [5.74, 6) is 0. The lowest BCUT2D eigenvalue weighted by Gasteiger charge is -2.19. The van der Waals surface area contributed by atoms with Crippen LogP contribution >= 0.6 is 0 Å². The van der Waals surface area contributed by atoms with Crippen LogP contribution in [-0.4, -0.2) is 20.6 Å². The van der Waals surface area contributed by atoms with Crippen LogP contribution in [0, 0.1) is 20.8 Å². The molecule has 0 saturated heterocycles. The molecule has 19 heavy (non-hydrogen) atoms. The van der Waals surface area contributed by atoms with Gasteiger partial charge in [-0.1, -0.05) is 17.7 Å². The third-order valence-corrected chi connectivity index (χ3v) is 4.54. The molecule has 1 N–H and O–H groups in total. The number of aryl methyl sites for hydroxylation is 3. The van der Waals surface area contributed by atoms with E-state index in [1.165, 1.54) is 0 Å². The van der Waals surface area contributed by atoms with E-state index in [1.54, 1.807) is 37.6 Å². The van der Waals surface area contributed by atoms with Crippen molar-refractivity contribution >= 4 is 10.0 Å². The standard InChI is InChI=1S/C12H16F3NO2S/c1-7-5-8(2)11(9(3)6-7)19(17,18)16-10(4)12(13,14)15/h5-6,10,16H,1-4H3. The second-order valence-electron chi connectivity index (χ2n) is 4.61. The highest BCUT2D eigenvalue weighted by Crippen LogP contribution is 2.25. The molecule has 1 rings (SSSR count). The van der Waals surface area contributed by atoms with Crippen molar-refractivity contribution in [3.05, 3.63) is 28.8 Å². The molecule has 1 atom stereocenters. The molecule has 7 heteroatoms. The van der Waals surface area contributed by atoms with Crippen LogP contribution in [0.1, 0.15) is 23.6 Å². The number of benzene rings is 1. The van der Waals surface area contributed by atoms with E-state index in [1.807, 2.05) is 0 Å². The zero-order valence-electron chi connectivity index (χ0n) is 11.1. The minimum atomic E-state index is -4.61. The van der Waals surface area contributed by atoms with Crippen LogP contribution in [0.3, 0.4) is 0 Å². The molecule has 0 aliphatic carbocycles. The summed E-state index contributed by atoms with van der Waals surface area (Å²) in [5, 5.41) is 0. The predicted octanol–water partition coefficient (Wildman–Crippen LogP) is 2.84. The highest BCUT2D eigenvalue weighted by molar-refractivity contribution is 7.89. The van der Waals surface area contributed by atoms with Crippen LogP contribution < -0.4 is 4.72 Å². The molecule has 1 aromatic rings. The van der Waals surface area contributed by atoms with E-state index < -0.39 is 22.2 Å². The summed E-state index contributed by atoms with van der Waals surface area (Å²) in [6.45, 7) is 5.69. The molecular formula is C12H16F3NO2S. The van der Waals surface area contributed by atoms with Crippen LogP contribution in [0.2, 0.25) is 0 Å². The normalized spacial score (nSPS) is 14.5. The zero-order valence-corrected chi connectivity index (χ0v) is 11.9. The average molecular weight is 295 g/mol. The second kappa shape index (κ2) is 5.13. The van der Waals surface area contributed by atoms with Crippen LogP contribution in [0.15, 0.2) is 17.0 Å². The molecule has 0 aliphatic rings. The van der Waals surface area contributed by atoms with Crippen molar-refractivity contribution in [1.82, 2.24) is 4.72 Å². The summed E-state index contributed by atoms with van der Waals surface area (Å²) in [6, 6.07) is 1.12. The van der Waals surface area contributed by atoms with Crippen LogP contribution in [0.5, 0.6) is 0 Å². The first-order valence-electron chi connectivity index (χ1n) is 5.62. The Morgan fingerprint density at radius 2 is 1.53 bits per heavy atom. The van der Waals surface area contributed by atoms with Gasteiger partial charge in [0.1, 0.15) is 6.04 Å². The van der Waals surface area contributed by atoms with Crippen LogP contribution in [0.4, 0.5) is 13.2 Å². The minimum Gasteiger partial charge on any atom is -0.207 e. The van der Waals surface area contributed by atoms with Crippen molar-refractivity contribution in [2.75, 3.05) is 0 Å². The quantitative estimate of drug-likeness (QED) is 0.932. The number of nitrogens with one attached hydrogen (secondary N) is 1. The minimum absolute atomic E-state index is 0.0887. The molecule has 0 aliphatic heterocycles. The molecule has 1 unspecified atom stereocenters. The Morgan fingerprint density at radius 3 is 1.89 bits per heavy atom. The number of hydrogen-bond donors (Lipinski definition) is 1. The molecule has 0 heterocycles. The van der Waals surface area contributed by atoms with Crippen molar-refractivity contribution in [1.29, 1.82) is 0 Å². The number of sulfonamides is 1. The van der Waals surface area contributed by atoms with E-state index in [0.29, 0.717) is 11.1 Å². The molecule has 108 valence electrons. The first-order valence-corrected chi connectivity index (χ1v) is 7.10. The fourth-order valence-electron chi connectivity index (χ4n) is 1.95. The Morgan fingerprint density at radius 1 is 1.11 bits per heavy atom. The van der Waals surface area contributed by atoms with Gasteiger partial charge in [0.05, 0.1) is 4.90 Å². The molecule has 0 aromatic heterocycles. The fraction of sp³-hybridized carbons (Fsp3) is 0.500. The first-order chi connectivity index (χ1) is 8.45. The first kappa shape index (κ1) is 16.0. The molecule has 0 fully saturated rings. The van der Waals surface area contributed by atoms with Crippen LogP contribution in [-0.2, 0) is 10.0 Å². The van der Waals surface area contributed by atoms with Gasteiger partial charge in [-0.3, -0.25) is 0 Å². The third-order valence-electron chi connectivity index (χ3n) is 2.70. The molecule has 0 amide bonds. The Kier molecular flexibility index (Phi) is 4.31. The van der Waals surface area contributed by atoms with Crippen molar-refractivity contribution in [2.45, 2.75) is 44.8 Å². The Hall–Kier alpha value is -1.08. The van der Waals surface area contributed by atoms with Crippen molar-refractivity contribution in [3.63, 3.8) is 0 Å². The lowest BCUT2D eigenvalue weighted by Crippen LogP contribution is -2.43. The topological polar surface area (TPSA) is 46.2 Å². The smallest absolute Gasteiger partial charge is 0.207 e. The Labute approximate surface area is 110 Å². The molecule has 3 nitrogen and oxygen atoms in total. The van der Waals surface area contributed by atoms with Crippen LogP contribution in [0.25, 0.3) is 0 Å². The van der Waals surface area contributed by atoms with Gasteiger partial charge in [0.15, 0.2) is 0 Å². The molecule has 0 radical (unpaired) electrons. The second-order valence-corrected chi connectivity index (χ2v) is 6.26. The lowest BCUT2D eigenvalue weighted by atomic mass is 10.1. The molecule has 0 saturated carbocycles. The maximum absolute atomic E-state index is 12.4. The fourth-order valence-corrected chi connectivity index (χ4v) is 3.63. The summed E-state index contributed by atoms with van der Waals surface area (Å²) in [7, 11) is -4.19. The highest BCUT2D eigenvalue weighted by Gasteiger charge is 2.39. The van der Waals surface area contributed by atoms with Crippen molar-refractivity contribution < 1.29 is 21.6 Å². The highest BCUT2D eigenvalue weighted by atomic mass is 32.2. The SMILES string of the molecule is Cc1cc(C)c(S(=O)(=O)NC(C)C(F)(F)F)c(C)c1. The number of halogens is 3. The van der Waals surface area contributed by atoms with Gasteiger partial charge in [-0.2, -0.15) is 17.9 Å². The monoisotopic (exact) mass is 295 g/mol. The molecule has 0 bridgehead atoms. The molecule has 0 spiro atoms. The van der Waals surface area contributed by atoms with Gasteiger partial charge in [-0.15, -0.1) is 0 Å². The zero-order chi connectivity index (χ0) is 15.0.